The molecule has 0 bridgehead atoms. The fraction of sp³-hybridized carbons (Fsp3) is 0.250. The molecule has 3 rings (SSSR count). The number of thiophene rings is 1. The van der Waals surface area contributed by atoms with Crippen molar-refractivity contribution in [2.45, 2.75) is 26.4 Å². The number of rotatable bonds is 8. The topological polar surface area (TPSA) is 61.4 Å². The molecule has 0 aliphatic carbocycles. The van der Waals surface area contributed by atoms with Gasteiger partial charge in [0.25, 0.3) is 5.91 Å². The number of nitrogens with one attached hydrogen (secondary N) is 2. The van der Waals surface area contributed by atoms with Crippen molar-refractivity contribution in [2.75, 3.05) is 13.1 Å². The predicted octanol–water partition coefficient (Wildman–Crippen LogP) is 4.96. The summed E-state index contributed by atoms with van der Waals surface area (Å²) in [6, 6.07) is 16.5. The highest BCUT2D eigenvalue weighted by Crippen LogP contribution is 2.26. The van der Waals surface area contributed by atoms with E-state index in [2.05, 4.69) is 10.6 Å². The zero-order valence-electron chi connectivity index (χ0n) is 17.6. The van der Waals surface area contributed by atoms with Crippen LogP contribution >= 0.6 is 11.3 Å². The number of carbonyl (C=O) groups is 2. The standard InChI is InChI=1S/C24H26FN3O2S/c1-3-28(4-2)23(29)19-9-7-17(8-10-19)16-26-24(30)27-22(21-6-5-15-31-21)18-11-13-20(25)14-12-18/h5-15,22H,3-4,16H2,1-2H3,(H2,26,27,30). The molecule has 0 aliphatic heterocycles. The SMILES string of the molecule is CCN(CC)C(=O)c1ccc(CNC(=O)NC(c2ccc(F)cc2)c2cccs2)cc1. The molecule has 0 saturated carbocycles. The Morgan fingerprint density at radius 2 is 1.68 bits per heavy atom. The molecule has 3 aromatic rings. The number of hydrogen-bond donors (Lipinski definition) is 2. The number of hydrogen-bond acceptors (Lipinski definition) is 3. The molecule has 0 aliphatic rings. The monoisotopic (exact) mass is 439 g/mol. The lowest BCUT2D eigenvalue weighted by molar-refractivity contribution is 0.0773. The molecule has 1 unspecified atom stereocenters. The van der Waals surface area contributed by atoms with Crippen LogP contribution in [0.1, 0.15) is 46.3 Å². The molecule has 162 valence electrons. The molecule has 7 heteroatoms. The van der Waals surface area contributed by atoms with Crippen LogP contribution in [0.5, 0.6) is 0 Å². The van der Waals surface area contributed by atoms with Crippen molar-refractivity contribution in [1.29, 1.82) is 0 Å². The number of halogens is 1. The second-order valence-corrected chi connectivity index (χ2v) is 7.98. The molecule has 5 nitrogen and oxygen atoms in total. The van der Waals surface area contributed by atoms with Gasteiger partial charge in [-0.05, 0) is 60.7 Å². The Hall–Kier alpha value is -3.19. The Labute approximate surface area is 185 Å². The van der Waals surface area contributed by atoms with Crippen LogP contribution in [0.25, 0.3) is 0 Å². The predicted molar refractivity (Wildman–Crippen MR) is 122 cm³/mol. The summed E-state index contributed by atoms with van der Waals surface area (Å²) >= 11 is 1.52. The number of nitrogens with zero attached hydrogens (tertiary/aromatic N) is 1. The van der Waals surface area contributed by atoms with E-state index in [1.165, 1.54) is 23.5 Å². The number of amides is 3. The van der Waals surface area contributed by atoms with Gasteiger partial charge in [-0.3, -0.25) is 4.79 Å². The molecule has 2 N–H and O–H groups in total. The van der Waals surface area contributed by atoms with Gasteiger partial charge in [0.1, 0.15) is 5.82 Å². The summed E-state index contributed by atoms with van der Waals surface area (Å²) in [5.41, 5.74) is 2.32. The summed E-state index contributed by atoms with van der Waals surface area (Å²) in [6.45, 7) is 5.56. The lowest BCUT2D eigenvalue weighted by atomic mass is 10.1. The Morgan fingerprint density at radius 3 is 2.26 bits per heavy atom. The van der Waals surface area contributed by atoms with Gasteiger partial charge < -0.3 is 15.5 Å². The maximum absolute atomic E-state index is 13.3. The van der Waals surface area contributed by atoms with E-state index in [0.29, 0.717) is 25.2 Å². The zero-order chi connectivity index (χ0) is 22.2. The van der Waals surface area contributed by atoms with Gasteiger partial charge in [-0.15, -0.1) is 11.3 Å². The third-order valence-corrected chi connectivity index (χ3v) is 5.95. The van der Waals surface area contributed by atoms with Crippen LogP contribution < -0.4 is 10.6 Å². The molecule has 2 aromatic carbocycles. The Kier molecular flexibility index (Phi) is 7.78. The van der Waals surface area contributed by atoms with E-state index in [-0.39, 0.29) is 23.8 Å². The summed E-state index contributed by atoms with van der Waals surface area (Å²) in [5, 5.41) is 7.75. The molecular formula is C24H26FN3O2S. The lowest BCUT2D eigenvalue weighted by Crippen LogP contribution is -2.37. The molecule has 1 aromatic heterocycles. The Balaban J connectivity index is 1.61. The molecular weight excluding hydrogens is 413 g/mol. The third-order valence-electron chi connectivity index (χ3n) is 5.01. The fourth-order valence-corrected chi connectivity index (χ4v) is 4.06. The van der Waals surface area contributed by atoms with Gasteiger partial charge >= 0.3 is 6.03 Å². The number of urea groups is 1. The zero-order valence-corrected chi connectivity index (χ0v) is 18.4. The van der Waals surface area contributed by atoms with Gasteiger partial charge in [0.2, 0.25) is 0 Å². The fourth-order valence-electron chi connectivity index (χ4n) is 3.25. The maximum Gasteiger partial charge on any atom is 0.315 e. The summed E-state index contributed by atoms with van der Waals surface area (Å²) in [4.78, 5) is 27.7. The summed E-state index contributed by atoms with van der Waals surface area (Å²) in [6.07, 6.45) is 0. The highest BCUT2D eigenvalue weighted by molar-refractivity contribution is 7.10. The van der Waals surface area contributed by atoms with Crippen molar-refractivity contribution in [3.63, 3.8) is 0 Å². The van der Waals surface area contributed by atoms with Crippen molar-refractivity contribution in [3.05, 3.63) is 93.4 Å². The first-order valence-electron chi connectivity index (χ1n) is 10.2. The molecule has 1 heterocycles. The summed E-state index contributed by atoms with van der Waals surface area (Å²) in [5.74, 6) is -0.318. The highest BCUT2D eigenvalue weighted by atomic mass is 32.1. The van der Waals surface area contributed by atoms with E-state index < -0.39 is 0 Å². The second-order valence-electron chi connectivity index (χ2n) is 7.00. The van der Waals surface area contributed by atoms with Crippen LogP contribution in [0.4, 0.5) is 9.18 Å². The van der Waals surface area contributed by atoms with Crippen molar-refractivity contribution in [3.8, 4) is 0 Å². The van der Waals surface area contributed by atoms with Crippen molar-refractivity contribution in [1.82, 2.24) is 15.5 Å². The minimum Gasteiger partial charge on any atom is -0.339 e. The minimum absolute atomic E-state index is 0.000315. The first-order chi connectivity index (χ1) is 15.0. The quantitative estimate of drug-likeness (QED) is 0.521. The average molecular weight is 440 g/mol. The van der Waals surface area contributed by atoms with Gasteiger partial charge in [0.05, 0.1) is 6.04 Å². The van der Waals surface area contributed by atoms with Crippen LogP contribution in [0, 0.1) is 5.82 Å². The average Bonchev–Trinajstić information content (AvgIpc) is 3.32. The van der Waals surface area contributed by atoms with Crippen LogP contribution in [-0.4, -0.2) is 29.9 Å². The van der Waals surface area contributed by atoms with E-state index in [1.807, 2.05) is 43.5 Å². The van der Waals surface area contributed by atoms with E-state index >= 15 is 0 Å². The van der Waals surface area contributed by atoms with Crippen LogP contribution in [0.15, 0.2) is 66.0 Å². The van der Waals surface area contributed by atoms with Crippen molar-refractivity contribution in [2.24, 2.45) is 0 Å². The van der Waals surface area contributed by atoms with Crippen molar-refractivity contribution < 1.29 is 14.0 Å². The Bertz CT molecular complexity index is 985. The number of carbonyl (C=O) groups excluding carboxylic acids is 2. The van der Waals surface area contributed by atoms with Gasteiger partial charge in [0, 0.05) is 30.1 Å². The van der Waals surface area contributed by atoms with Gasteiger partial charge in [-0.25, -0.2) is 9.18 Å². The molecule has 1 atom stereocenters. The van der Waals surface area contributed by atoms with Gasteiger partial charge in [-0.1, -0.05) is 30.3 Å². The van der Waals surface area contributed by atoms with E-state index in [4.69, 9.17) is 0 Å². The molecule has 31 heavy (non-hydrogen) atoms. The van der Waals surface area contributed by atoms with Crippen LogP contribution in [-0.2, 0) is 6.54 Å². The highest BCUT2D eigenvalue weighted by Gasteiger charge is 2.18. The molecule has 3 amide bonds. The van der Waals surface area contributed by atoms with Gasteiger partial charge in [-0.2, -0.15) is 0 Å². The van der Waals surface area contributed by atoms with E-state index in [9.17, 15) is 14.0 Å². The largest absolute Gasteiger partial charge is 0.339 e. The molecule has 0 radical (unpaired) electrons. The first kappa shape index (κ1) is 22.5. The normalized spacial score (nSPS) is 11.6. The maximum atomic E-state index is 13.3. The lowest BCUT2D eigenvalue weighted by Gasteiger charge is -2.19. The third kappa shape index (κ3) is 5.92. The van der Waals surface area contributed by atoms with Gasteiger partial charge in [0.15, 0.2) is 0 Å². The van der Waals surface area contributed by atoms with Crippen LogP contribution in [0.2, 0.25) is 0 Å². The van der Waals surface area contributed by atoms with E-state index in [1.54, 1.807) is 29.2 Å². The minimum atomic E-state index is -0.366. The molecule has 0 saturated heterocycles. The second kappa shape index (κ2) is 10.7. The van der Waals surface area contributed by atoms with Crippen LogP contribution in [0.3, 0.4) is 0 Å². The number of benzene rings is 2. The molecule has 0 spiro atoms. The smallest absolute Gasteiger partial charge is 0.315 e. The van der Waals surface area contributed by atoms with E-state index in [0.717, 1.165) is 16.0 Å². The summed E-state index contributed by atoms with van der Waals surface area (Å²) < 4.78 is 13.3. The first-order valence-corrected chi connectivity index (χ1v) is 11.1. The Morgan fingerprint density at radius 1 is 1.00 bits per heavy atom. The summed E-state index contributed by atoms with van der Waals surface area (Å²) in [7, 11) is 0. The van der Waals surface area contributed by atoms with Crippen molar-refractivity contribution >= 4 is 23.3 Å². The molecule has 0 fully saturated rings.